The number of hydrogen-bond acceptors (Lipinski definition) is 4. The van der Waals surface area contributed by atoms with Gasteiger partial charge in [0.25, 0.3) is 5.56 Å². The Morgan fingerprint density at radius 3 is 2.58 bits per heavy atom. The summed E-state index contributed by atoms with van der Waals surface area (Å²) in [5, 5.41) is 5.05. The molecule has 3 aromatic rings. The summed E-state index contributed by atoms with van der Waals surface area (Å²) in [7, 11) is 0. The molecular formula is C24H27Br2N3O2. The van der Waals surface area contributed by atoms with Gasteiger partial charge in [-0.05, 0) is 69.7 Å². The van der Waals surface area contributed by atoms with Gasteiger partial charge in [-0.15, -0.1) is 0 Å². The lowest BCUT2D eigenvalue weighted by atomic mass is 9.99. The van der Waals surface area contributed by atoms with Crippen molar-refractivity contribution in [2.24, 2.45) is 10.5 Å². The summed E-state index contributed by atoms with van der Waals surface area (Å²) in [4.78, 5) is 17.9. The van der Waals surface area contributed by atoms with E-state index in [1.165, 1.54) is 4.68 Å². The van der Waals surface area contributed by atoms with E-state index in [0.29, 0.717) is 23.3 Å². The molecule has 164 valence electrons. The van der Waals surface area contributed by atoms with E-state index in [0.717, 1.165) is 26.7 Å². The summed E-state index contributed by atoms with van der Waals surface area (Å²) in [5.41, 5.74) is 1.43. The van der Waals surface area contributed by atoms with Gasteiger partial charge in [0.1, 0.15) is 11.6 Å². The zero-order chi connectivity index (χ0) is 22.8. The van der Waals surface area contributed by atoms with Crippen LogP contribution < -0.4 is 10.3 Å². The second kappa shape index (κ2) is 9.65. The Kier molecular flexibility index (Phi) is 7.37. The predicted octanol–water partition coefficient (Wildman–Crippen LogP) is 6.74. The first-order chi connectivity index (χ1) is 14.6. The number of halogens is 2. The Labute approximate surface area is 199 Å². The fourth-order valence-corrected chi connectivity index (χ4v) is 3.78. The van der Waals surface area contributed by atoms with Gasteiger partial charge in [0, 0.05) is 10.4 Å². The molecule has 0 aliphatic rings. The standard InChI is InChI=1S/C24H27Br2N3O2/c1-6-15(2)22-28-20-9-8-17(25)12-18(20)23(30)29(22)27-13-16-7-10-21(19(26)11-16)31-14-24(3,4)5/h7-13,15H,6,14H2,1-5H3/t15-/m1/s1. The highest BCUT2D eigenvalue weighted by molar-refractivity contribution is 9.10. The number of rotatable bonds is 6. The van der Waals surface area contributed by atoms with Crippen molar-refractivity contribution < 1.29 is 4.74 Å². The molecule has 2 aromatic carbocycles. The predicted molar refractivity (Wildman–Crippen MR) is 134 cm³/mol. The monoisotopic (exact) mass is 547 g/mol. The molecule has 0 N–H and O–H groups in total. The fourth-order valence-electron chi connectivity index (χ4n) is 2.91. The van der Waals surface area contributed by atoms with Gasteiger partial charge in [-0.1, -0.05) is 50.5 Å². The molecule has 31 heavy (non-hydrogen) atoms. The smallest absolute Gasteiger partial charge is 0.282 e. The quantitative estimate of drug-likeness (QED) is 0.320. The Bertz CT molecular complexity index is 1180. The van der Waals surface area contributed by atoms with Crippen molar-refractivity contribution in [2.45, 2.75) is 47.0 Å². The molecule has 0 aliphatic heterocycles. The summed E-state index contributed by atoms with van der Waals surface area (Å²) < 4.78 is 9.00. The van der Waals surface area contributed by atoms with E-state index < -0.39 is 0 Å². The first kappa shape index (κ1) is 23.7. The Morgan fingerprint density at radius 1 is 1.19 bits per heavy atom. The van der Waals surface area contributed by atoms with Crippen LogP contribution in [0.5, 0.6) is 5.75 Å². The molecule has 1 heterocycles. The molecule has 3 rings (SSSR count). The normalized spacial score (nSPS) is 13.1. The number of fused-ring (bicyclic) bond motifs is 1. The van der Waals surface area contributed by atoms with Gasteiger partial charge in [0.2, 0.25) is 0 Å². The number of aromatic nitrogens is 2. The van der Waals surface area contributed by atoms with E-state index in [1.54, 1.807) is 12.3 Å². The average molecular weight is 549 g/mol. The maximum absolute atomic E-state index is 13.2. The van der Waals surface area contributed by atoms with Crippen LogP contribution in [-0.2, 0) is 0 Å². The van der Waals surface area contributed by atoms with Crippen molar-refractivity contribution in [1.29, 1.82) is 0 Å². The van der Waals surface area contributed by atoms with Crippen molar-refractivity contribution in [1.82, 2.24) is 9.66 Å². The third kappa shape index (κ3) is 5.83. The summed E-state index contributed by atoms with van der Waals surface area (Å²) in [5.74, 6) is 1.53. The maximum Gasteiger partial charge on any atom is 0.282 e. The van der Waals surface area contributed by atoms with Crippen LogP contribution in [0, 0.1) is 5.41 Å². The molecule has 0 spiro atoms. The lowest BCUT2D eigenvalue weighted by Gasteiger charge is -2.19. The van der Waals surface area contributed by atoms with Gasteiger partial charge in [-0.2, -0.15) is 9.78 Å². The van der Waals surface area contributed by atoms with E-state index in [-0.39, 0.29) is 16.9 Å². The van der Waals surface area contributed by atoms with Gasteiger partial charge in [-0.3, -0.25) is 4.79 Å². The van der Waals surface area contributed by atoms with E-state index in [4.69, 9.17) is 9.72 Å². The molecule has 1 atom stereocenters. The van der Waals surface area contributed by atoms with Crippen LogP contribution in [0.25, 0.3) is 10.9 Å². The summed E-state index contributed by atoms with van der Waals surface area (Å²) in [6, 6.07) is 11.3. The zero-order valence-corrected chi connectivity index (χ0v) is 21.6. The van der Waals surface area contributed by atoms with Crippen LogP contribution in [0.1, 0.15) is 58.3 Å². The Balaban J connectivity index is 1.99. The summed E-state index contributed by atoms with van der Waals surface area (Å²) >= 11 is 7.01. The molecule has 1 aromatic heterocycles. The number of ether oxygens (including phenoxy) is 1. The third-order valence-electron chi connectivity index (χ3n) is 4.83. The van der Waals surface area contributed by atoms with E-state index in [1.807, 2.05) is 30.3 Å². The van der Waals surface area contributed by atoms with Gasteiger partial charge in [0.05, 0.1) is 28.2 Å². The van der Waals surface area contributed by atoms with Crippen molar-refractivity contribution in [3.8, 4) is 5.75 Å². The minimum Gasteiger partial charge on any atom is -0.492 e. The van der Waals surface area contributed by atoms with Crippen molar-refractivity contribution >= 4 is 49.0 Å². The SMILES string of the molecule is CC[C@@H](C)c1nc2ccc(Br)cc2c(=O)n1N=Cc1ccc(OCC(C)(C)C)c(Br)c1. The highest BCUT2D eigenvalue weighted by Crippen LogP contribution is 2.27. The van der Waals surface area contributed by atoms with Crippen LogP contribution in [-0.4, -0.2) is 22.5 Å². The number of nitrogens with zero attached hydrogens (tertiary/aromatic N) is 3. The molecule has 0 unspecified atom stereocenters. The Morgan fingerprint density at radius 2 is 1.94 bits per heavy atom. The van der Waals surface area contributed by atoms with Crippen molar-refractivity contribution in [3.05, 3.63) is 67.1 Å². The van der Waals surface area contributed by atoms with Crippen LogP contribution in [0.15, 0.2) is 55.2 Å². The largest absolute Gasteiger partial charge is 0.492 e. The van der Waals surface area contributed by atoms with Crippen LogP contribution in [0.2, 0.25) is 0 Å². The molecule has 0 radical (unpaired) electrons. The van der Waals surface area contributed by atoms with Gasteiger partial charge < -0.3 is 4.74 Å². The topological polar surface area (TPSA) is 56.5 Å². The molecule has 0 fully saturated rings. The second-order valence-electron chi connectivity index (χ2n) is 8.84. The molecule has 0 bridgehead atoms. The van der Waals surface area contributed by atoms with E-state index in [2.05, 4.69) is 71.6 Å². The maximum atomic E-state index is 13.2. The van der Waals surface area contributed by atoms with E-state index in [9.17, 15) is 4.79 Å². The number of benzene rings is 2. The average Bonchev–Trinajstić information content (AvgIpc) is 2.71. The number of hydrogen-bond donors (Lipinski definition) is 0. The van der Waals surface area contributed by atoms with Crippen LogP contribution >= 0.6 is 31.9 Å². The molecule has 0 amide bonds. The first-order valence-electron chi connectivity index (χ1n) is 10.3. The molecule has 0 saturated heterocycles. The molecule has 7 heteroatoms. The van der Waals surface area contributed by atoms with Crippen LogP contribution in [0.3, 0.4) is 0 Å². The highest BCUT2D eigenvalue weighted by atomic mass is 79.9. The lowest BCUT2D eigenvalue weighted by Crippen LogP contribution is -2.23. The minimum atomic E-state index is -0.179. The zero-order valence-electron chi connectivity index (χ0n) is 18.4. The van der Waals surface area contributed by atoms with Crippen LogP contribution in [0.4, 0.5) is 0 Å². The summed E-state index contributed by atoms with van der Waals surface area (Å²) in [6.07, 6.45) is 2.53. The molecule has 5 nitrogen and oxygen atoms in total. The molecule has 0 aliphatic carbocycles. The Hall–Kier alpha value is -1.99. The van der Waals surface area contributed by atoms with Crippen molar-refractivity contribution in [2.75, 3.05) is 6.61 Å². The first-order valence-corrected chi connectivity index (χ1v) is 11.9. The van der Waals surface area contributed by atoms with E-state index >= 15 is 0 Å². The fraction of sp³-hybridized carbons (Fsp3) is 0.375. The van der Waals surface area contributed by atoms with Gasteiger partial charge in [-0.25, -0.2) is 4.98 Å². The highest BCUT2D eigenvalue weighted by Gasteiger charge is 2.16. The molecule has 0 saturated carbocycles. The van der Waals surface area contributed by atoms with Gasteiger partial charge >= 0.3 is 0 Å². The second-order valence-corrected chi connectivity index (χ2v) is 10.6. The van der Waals surface area contributed by atoms with Crippen molar-refractivity contribution in [3.63, 3.8) is 0 Å². The van der Waals surface area contributed by atoms with Gasteiger partial charge in [0.15, 0.2) is 0 Å². The lowest BCUT2D eigenvalue weighted by molar-refractivity contribution is 0.197. The molecular weight excluding hydrogens is 522 g/mol. The minimum absolute atomic E-state index is 0.0746. The third-order valence-corrected chi connectivity index (χ3v) is 5.94. The summed E-state index contributed by atoms with van der Waals surface area (Å²) in [6.45, 7) is 11.1.